The first-order valence-corrected chi connectivity index (χ1v) is 9.88. The number of rotatable bonds is 4. The van der Waals surface area contributed by atoms with Crippen LogP contribution in [-0.2, 0) is 34.2 Å². The molecule has 0 aliphatic carbocycles. The van der Waals surface area contributed by atoms with Gasteiger partial charge in [0.15, 0.2) is 0 Å². The Hall–Kier alpha value is -2.25. The molecule has 0 unspecified atom stereocenters. The second-order valence-corrected chi connectivity index (χ2v) is 8.19. The van der Waals surface area contributed by atoms with Gasteiger partial charge in [0.05, 0.1) is 10.6 Å². The molecule has 7 heteroatoms. The summed E-state index contributed by atoms with van der Waals surface area (Å²) in [6.45, 7) is 0.928. The normalized spacial score (nSPS) is 16.6. The zero-order valence-corrected chi connectivity index (χ0v) is 14.6. The monoisotopic (exact) mass is 357 g/mol. The lowest BCUT2D eigenvalue weighted by Crippen LogP contribution is -2.39. The van der Waals surface area contributed by atoms with E-state index in [1.165, 1.54) is 0 Å². The predicted molar refractivity (Wildman–Crippen MR) is 93.7 cm³/mol. The van der Waals surface area contributed by atoms with E-state index in [2.05, 4.69) is 9.71 Å². The van der Waals surface area contributed by atoms with Crippen LogP contribution in [0.2, 0.25) is 0 Å². The molecule has 1 aromatic heterocycles. The van der Waals surface area contributed by atoms with E-state index in [4.69, 9.17) is 0 Å². The SMILES string of the molecule is O=C1CCc2cc(S(=O)(=O)NCc3cccnc3)cc3c2N1CCC3. The van der Waals surface area contributed by atoms with Crippen LogP contribution in [0, 0.1) is 0 Å². The number of hydrogen-bond acceptors (Lipinski definition) is 4. The fraction of sp³-hybridized carbons (Fsp3) is 0.333. The van der Waals surface area contributed by atoms with Crippen molar-refractivity contribution >= 4 is 21.6 Å². The fourth-order valence-electron chi connectivity index (χ4n) is 3.54. The van der Waals surface area contributed by atoms with Gasteiger partial charge in [-0.15, -0.1) is 0 Å². The molecule has 6 nitrogen and oxygen atoms in total. The third-order valence-electron chi connectivity index (χ3n) is 4.75. The summed E-state index contributed by atoms with van der Waals surface area (Å²) in [4.78, 5) is 18.2. The van der Waals surface area contributed by atoms with Crippen molar-refractivity contribution in [2.75, 3.05) is 11.4 Å². The van der Waals surface area contributed by atoms with E-state index in [1.807, 2.05) is 11.0 Å². The topological polar surface area (TPSA) is 79.4 Å². The van der Waals surface area contributed by atoms with E-state index in [1.54, 1.807) is 30.6 Å². The van der Waals surface area contributed by atoms with Crippen LogP contribution in [0.25, 0.3) is 0 Å². The number of hydrogen-bond donors (Lipinski definition) is 1. The highest BCUT2D eigenvalue weighted by Gasteiger charge is 2.31. The van der Waals surface area contributed by atoms with E-state index in [9.17, 15) is 13.2 Å². The first-order chi connectivity index (χ1) is 12.0. The van der Waals surface area contributed by atoms with Crippen LogP contribution in [-0.4, -0.2) is 25.9 Å². The molecule has 0 saturated carbocycles. The molecule has 3 heterocycles. The third kappa shape index (κ3) is 3.05. The average Bonchev–Trinajstić information content (AvgIpc) is 2.64. The summed E-state index contributed by atoms with van der Waals surface area (Å²) in [7, 11) is -3.61. The van der Waals surface area contributed by atoms with Crippen LogP contribution >= 0.6 is 0 Å². The van der Waals surface area contributed by atoms with Crippen molar-refractivity contribution in [1.29, 1.82) is 0 Å². The first-order valence-electron chi connectivity index (χ1n) is 8.39. The number of aromatic nitrogens is 1. The number of nitrogens with one attached hydrogen (secondary N) is 1. The Bertz CT molecular complexity index is 909. The maximum absolute atomic E-state index is 12.7. The van der Waals surface area contributed by atoms with Crippen LogP contribution in [0.5, 0.6) is 0 Å². The minimum Gasteiger partial charge on any atom is -0.312 e. The summed E-state index contributed by atoms with van der Waals surface area (Å²) in [5, 5.41) is 0. The second-order valence-electron chi connectivity index (χ2n) is 6.42. The van der Waals surface area contributed by atoms with E-state index in [0.29, 0.717) is 12.8 Å². The van der Waals surface area contributed by atoms with Crippen molar-refractivity contribution < 1.29 is 13.2 Å². The highest BCUT2D eigenvalue weighted by Crippen LogP contribution is 2.37. The Morgan fingerprint density at radius 3 is 2.72 bits per heavy atom. The number of aryl methyl sites for hydroxylation is 2. The number of pyridine rings is 1. The summed E-state index contributed by atoms with van der Waals surface area (Å²) < 4.78 is 28.1. The zero-order valence-electron chi connectivity index (χ0n) is 13.7. The van der Waals surface area contributed by atoms with Gasteiger partial charge in [-0.3, -0.25) is 9.78 Å². The van der Waals surface area contributed by atoms with Gasteiger partial charge in [0.1, 0.15) is 0 Å². The molecule has 0 saturated heterocycles. The van der Waals surface area contributed by atoms with Gasteiger partial charge in [-0.1, -0.05) is 6.07 Å². The van der Waals surface area contributed by atoms with Crippen LogP contribution in [0.4, 0.5) is 5.69 Å². The van der Waals surface area contributed by atoms with E-state index in [0.717, 1.165) is 41.8 Å². The molecule has 0 atom stereocenters. The lowest BCUT2D eigenvalue weighted by Gasteiger charge is -2.35. The van der Waals surface area contributed by atoms with Crippen molar-refractivity contribution in [3.05, 3.63) is 53.3 Å². The quantitative estimate of drug-likeness (QED) is 0.905. The van der Waals surface area contributed by atoms with Crippen molar-refractivity contribution in [2.45, 2.75) is 37.1 Å². The molecule has 0 bridgehead atoms. The van der Waals surface area contributed by atoms with Gasteiger partial charge >= 0.3 is 0 Å². The number of nitrogens with zero attached hydrogens (tertiary/aromatic N) is 2. The van der Waals surface area contributed by atoms with Crippen LogP contribution < -0.4 is 9.62 Å². The predicted octanol–water partition coefficient (Wildman–Crippen LogP) is 1.79. The van der Waals surface area contributed by atoms with Crippen molar-refractivity contribution in [2.24, 2.45) is 0 Å². The van der Waals surface area contributed by atoms with E-state index in [-0.39, 0.29) is 17.3 Å². The number of amides is 1. The van der Waals surface area contributed by atoms with E-state index >= 15 is 0 Å². The Labute approximate surface area is 146 Å². The molecule has 4 rings (SSSR count). The van der Waals surface area contributed by atoms with Gasteiger partial charge in [0.25, 0.3) is 0 Å². The van der Waals surface area contributed by atoms with Gasteiger partial charge in [0.2, 0.25) is 15.9 Å². The van der Waals surface area contributed by atoms with Crippen molar-refractivity contribution in [3.8, 4) is 0 Å². The molecule has 1 N–H and O–H groups in total. The lowest BCUT2D eigenvalue weighted by molar-refractivity contribution is -0.119. The molecule has 0 radical (unpaired) electrons. The van der Waals surface area contributed by atoms with Crippen LogP contribution in [0.3, 0.4) is 0 Å². The van der Waals surface area contributed by atoms with Gasteiger partial charge in [-0.2, -0.15) is 0 Å². The average molecular weight is 357 g/mol. The first kappa shape index (κ1) is 16.2. The molecule has 130 valence electrons. The molecule has 2 aliphatic heterocycles. The highest BCUT2D eigenvalue weighted by atomic mass is 32.2. The molecule has 0 spiro atoms. The highest BCUT2D eigenvalue weighted by molar-refractivity contribution is 7.89. The molecule has 25 heavy (non-hydrogen) atoms. The maximum Gasteiger partial charge on any atom is 0.240 e. The van der Waals surface area contributed by atoms with Crippen molar-refractivity contribution in [1.82, 2.24) is 9.71 Å². The summed E-state index contributed by atoms with van der Waals surface area (Å²) in [6, 6.07) is 7.04. The Balaban J connectivity index is 1.66. The maximum atomic E-state index is 12.7. The minimum absolute atomic E-state index is 0.138. The lowest BCUT2D eigenvalue weighted by atomic mass is 9.92. The van der Waals surface area contributed by atoms with Crippen molar-refractivity contribution in [3.63, 3.8) is 0 Å². The molecule has 2 aliphatic rings. The van der Waals surface area contributed by atoms with Gasteiger partial charge in [-0.05, 0) is 54.2 Å². The Kier molecular flexibility index (Phi) is 4.05. The number of anilines is 1. The smallest absolute Gasteiger partial charge is 0.240 e. The molecule has 1 amide bonds. The molecular weight excluding hydrogens is 338 g/mol. The molecule has 1 aromatic carbocycles. The van der Waals surface area contributed by atoms with Crippen LogP contribution in [0.15, 0.2) is 41.6 Å². The largest absolute Gasteiger partial charge is 0.312 e. The number of sulfonamides is 1. The molecular formula is C18H19N3O3S. The summed E-state index contributed by atoms with van der Waals surface area (Å²) >= 11 is 0. The van der Waals surface area contributed by atoms with E-state index < -0.39 is 10.0 Å². The summed E-state index contributed by atoms with van der Waals surface area (Å²) in [5.41, 5.74) is 3.66. The number of benzene rings is 1. The van der Waals surface area contributed by atoms with Gasteiger partial charge in [-0.25, -0.2) is 13.1 Å². The molecule has 2 aromatic rings. The fourth-order valence-corrected chi connectivity index (χ4v) is 4.66. The summed E-state index contributed by atoms with van der Waals surface area (Å²) in [6.07, 6.45) is 6.01. The minimum atomic E-state index is -3.61. The third-order valence-corrected chi connectivity index (χ3v) is 6.13. The van der Waals surface area contributed by atoms with Crippen LogP contribution in [0.1, 0.15) is 29.5 Å². The number of carbonyl (C=O) groups is 1. The number of carbonyl (C=O) groups excluding carboxylic acids is 1. The van der Waals surface area contributed by atoms with Gasteiger partial charge < -0.3 is 4.90 Å². The van der Waals surface area contributed by atoms with Gasteiger partial charge in [0, 0.05) is 31.9 Å². The zero-order chi connectivity index (χ0) is 17.4. The standard InChI is InChI=1S/C18H19N3O3S/c22-17-6-5-15-10-16(9-14-4-2-8-21(17)18(14)15)25(23,24)20-12-13-3-1-7-19-11-13/h1,3,7,9-11,20H,2,4-6,8,12H2. The second kappa shape index (κ2) is 6.24. The Morgan fingerprint density at radius 2 is 1.96 bits per heavy atom. The Morgan fingerprint density at radius 1 is 1.16 bits per heavy atom. The summed E-state index contributed by atoms with van der Waals surface area (Å²) in [5.74, 6) is 0.138. The molecule has 0 fully saturated rings.